The third-order valence-electron chi connectivity index (χ3n) is 3.08. The van der Waals surface area contributed by atoms with Crippen LogP contribution in [0.3, 0.4) is 0 Å². The van der Waals surface area contributed by atoms with Crippen LogP contribution >= 0.6 is 15.9 Å². The van der Waals surface area contributed by atoms with Crippen LogP contribution < -0.4 is 5.32 Å². The van der Waals surface area contributed by atoms with Gasteiger partial charge in [0.25, 0.3) is 0 Å². The molecule has 1 saturated heterocycles. The molecule has 0 aliphatic carbocycles. The standard InChI is InChI=1S/C13H18BrNO/c1-10(11-4-3-5-12(14)6-11)15-7-13(2)8-16-9-13/h3-6,10,15H,7-9H2,1-2H3/t10-/m1/s1. The van der Waals surface area contributed by atoms with Crippen molar-refractivity contribution >= 4 is 15.9 Å². The minimum atomic E-state index is 0.334. The van der Waals surface area contributed by atoms with Gasteiger partial charge in [-0.3, -0.25) is 0 Å². The van der Waals surface area contributed by atoms with Gasteiger partial charge in [-0.2, -0.15) is 0 Å². The quantitative estimate of drug-likeness (QED) is 0.917. The van der Waals surface area contributed by atoms with Crippen LogP contribution in [-0.4, -0.2) is 19.8 Å². The van der Waals surface area contributed by atoms with E-state index >= 15 is 0 Å². The SMILES string of the molecule is C[C@@H](NCC1(C)COC1)c1cccc(Br)c1. The van der Waals surface area contributed by atoms with Crippen LogP contribution in [0.1, 0.15) is 25.5 Å². The van der Waals surface area contributed by atoms with Crippen LogP contribution in [-0.2, 0) is 4.74 Å². The molecule has 1 fully saturated rings. The number of halogens is 1. The Labute approximate surface area is 106 Å². The average Bonchev–Trinajstić information content (AvgIpc) is 2.23. The lowest BCUT2D eigenvalue weighted by atomic mass is 9.88. The lowest BCUT2D eigenvalue weighted by molar-refractivity contribution is -0.0999. The van der Waals surface area contributed by atoms with Gasteiger partial charge in [0.2, 0.25) is 0 Å². The first-order chi connectivity index (χ1) is 7.59. The maximum Gasteiger partial charge on any atom is 0.0554 e. The molecule has 0 saturated carbocycles. The molecule has 16 heavy (non-hydrogen) atoms. The van der Waals surface area contributed by atoms with Crippen molar-refractivity contribution in [1.82, 2.24) is 5.32 Å². The number of nitrogens with one attached hydrogen (secondary N) is 1. The molecule has 1 aliphatic rings. The van der Waals surface area contributed by atoms with E-state index in [-0.39, 0.29) is 0 Å². The highest BCUT2D eigenvalue weighted by Gasteiger charge is 2.33. The van der Waals surface area contributed by atoms with Gasteiger partial charge in [0.15, 0.2) is 0 Å². The highest BCUT2D eigenvalue weighted by molar-refractivity contribution is 9.10. The summed E-state index contributed by atoms with van der Waals surface area (Å²) in [5.74, 6) is 0. The van der Waals surface area contributed by atoms with Crippen molar-refractivity contribution in [3.05, 3.63) is 34.3 Å². The number of hydrogen-bond donors (Lipinski definition) is 1. The molecule has 0 amide bonds. The summed E-state index contributed by atoms with van der Waals surface area (Å²) >= 11 is 3.50. The van der Waals surface area contributed by atoms with Crippen LogP contribution in [0.2, 0.25) is 0 Å². The molecule has 3 heteroatoms. The molecule has 1 aromatic carbocycles. The molecular weight excluding hydrogens is 266 g/mol. The number of ether oxygens (including phenoxy) is 1. The largest absolute Gasteiger partial charge is 0.380 e. The van der Waals surface area contributed by atoms with E-state index in [0.29, 0.717) is 11.5 Å². The second-order valence-corrected chi connectivity index (χ2v) is 5.88. The van der Waals surface area contributed by atoms with Crippen molar-refractivity contribution in [2.75, 3.05) is 19.8 Å². The maximum absolute atomic E-state index is 5.25. The molecule has 2 rings (SSSR count). The van der Waals surface area contributed by atoms with Crippen LogP contribution in [0.15, 0.2) is 28.7 Å². The average molecular weight is 284 g/mol. The Morgan fingerprint density at radius 1 is 1.50 bits per heavy atom. The van der Waals surface area contributed by atoms with Crippen molar-refractivity contribution in [3.63, 3.8) is 0 Å². The lowest BCUT2D eigenvalue weighted by Gasteiger charge is -2.39. The topological polar surface area (TPSA) is 21.3 Å². The van der Waals surface area contributed by atoms with Gasteiger partial charge in [-0.05, 0) is 24.6 Å². The van der Waals surface area contributed by atoms with Crippen molar-refractivity contribution in [3.8, 4) is 0 Å². The Kier molecular flexibility index (Phi) is 3.67. The molecule has 1 heterocycles. The Morgan fingerprint density at radius 2 is 2.25 bits per heavy atom. The van der Waals surface area contributed by atoms with E-state index < -0.39 is 0 Å². The molecule has 1 aliphatic heterocycles. The molecule has 1 N–H and O–H groups in total. The molecule has 0 spiro atoms. The summed E-state index contributed by atoms with van der Waals surface area (Å²) in [5, 5.41) is 3.57. The molecule has 88 valence electrons. The minimum Gasteiger partial charge on any atom is -0.380 e. The van der Waals surface area contributed by atoms with Crippen LogP contribution in [0.4, 0.5) is 0 Å². The van der Waals surface area contributed by atoms with E-state index in [2.05, 4.69) is 59.4 Å². The zero-order valence-electron chi connectivity index (χ0n) is 9.79. The van der Waals surface area contributed by atoms with Gasteiger partial charge in [-0.1, -0.05) is 35.0 Å². The monoisotopic (exact) mass is 283 g/mol. The van der Waals surface area contributed by atoms with Gasteiger partial charge >= 0.3 is 0 Å². The second-order valence-electron chi connectivity index (χ2n) is 4.96. The summed E-state index contributed by atoms with van der Waals surface area (Å²) in [6.45, 7) is 7.23. The van der Waals surface area contributed by atoms with Crippen molar-refractivity contribution in [2.24, 2.45) is 5.41 Å². The number of hydrogen-bond acceptors (Lipinski definition) is 2. The molecule has 1 aromatic rings. The first-order valence-electron chi connectivity index (χ1n) is 5.66. The van der Waals surface area contributed by atoms with Crippen LogP contribution in [0, 0.1) is 5.41 Å². The van der Waals surface area contributed by atoms with Gasteiger partial charge in [-0.25, -0.2) is 0 Å². The maximum atomic E-state index is 5.25. The predicted molar refractivity (Wildman–Crippen MR) is 69.5 cm³/mol. The first kappa shape index (κ1) is 12.1. The smallest absolute Gasteiger partial charge is 0.0554 e. The molecular formula is C13H18BrNO. The fourth-order valence-electron chi connectivity index (χ4n) is 1.85. The lowest BCUT2D eigenvalue weighted by Crippen LogP contribution is -2.47. The summed E-state index contributed by atoms with van der Waals surface area (Å²) in [7, 11) is 0. The van der Waals surface area contributed by atoms with E-state index in [4.69, 9.17) is 4.74 Å². The summed E-state index contributed by atoms with van der Waals surface area (Å²) in [6, 6.07) is 8.83. The number of benzene rings is 1. The van der Waals surface area contributed by atoms with Crippen molar-refractivity contribution in [1.29, 1.82) is 0 Å². The van der Waals surface area contributed by atoms with Crippen LogP contribution in [0.5, 0.6) is 0 Å². The first-order valence-corrected chi connectivity index (χ1v) is 6.45. The second kappa shape index (κ2) is 4.86. The highest BCUT2D eigenvalue weighted by atomic mass is 79.9. The third kappa shape index (κ3) is 2.84. The van der Waals surface area contributed by atoms with E-state index in [1.54, 1.807) is 0 Å². The Hall–Kier alpha value is -0.380. The summed E-state index contributed by atoms with van der Waals surface area (Å²) in [5.41, 5.74) is 1.65. The Balaban J connectivity index is 1.90. The van der Waals surface area contributed by atoms with Gasteiger partial charge in [0.1, 0.15) is 0 Å². The Morgan fingerprint density at radius 3 is 2.81 bits per heavy atom. The van der Waals surface area contributed by atoms with Gasteiger partial charge in [0, 0.05) is 22.5 Å². The van der Waals surface area contributed by atoms with Crippen molar-refractivity contribution in [2.45, 2.75) is 19.9 Å². The van der Waals surface area contributed by atoms with Gasteiger partial charge < -0.3 is 10.1 Å². The summed E-state index contributed by atoms with van der Waals surface area (Å²) < 4.78 is 6.38. The molecule has 0 unspecified atom stereocenters. The van der Waals surface area contributed by atoms with Crippen LogP contribution in [0.25, 0.3) is 0 Å². The Bertz CT molecular complexity index is 363. The zero-order valence-corrected chi connectivity index (χ0v) is 11.4. The van der Waals surface area contributed by atoms with E-state index in [0.717, 1.165) is 24.2 Å². The molecule has 0 radical (unpaired) electrons. The summed E-state index contributed by atoms with van der Waals surface area (Å²) in [6.07, 6.45) is 0. The van der Waals surface area contributed by atoms with E-state index in [1.165, 1.54) is 5.56 Å². The molecule has 0 aromatic heterocycles. The predicted octanol–water partition coefficient (Wildman–Crippen LogP) is 3.14. The highest BCUT2D eigenvalue weighted by Crippen LogP contribution is 2.26. The minimum absolute atomic E-state index is 0.334. The zero-order chi connectivity index (χ0) is 11.6. The van der Waals surface area contributed by atoms with Gasteiger partial charge in [0.05, 0.1) is 13.2 Å². The molecule has 1 atom stereocenters. The fourth-order valence-corrected chi connectivity index (χ4v) is 2.26. The van der Waals surface area contributed by atoms with Crippen molar-refractivity contribution < 1.29 is 4.74 Å². The summed E-state index contributed by atoms with van der Waals surface area (Å²) in [4.78, 5) is 0. The molecule has 2 nitrogen and oxygen atoms in total. The normalized spacial score (nSPS) is 20.2. The fraction of sp³-hybridized carbons (Fsp3) is 0.538. The third-order valence-corrected chi connectivity index (χ3v) is 3.58. The van der Waals surface area contributed by atoms with Gasteiger partial charge in [-0.15, -0.1) is 0 Å². The van der Waals surface area contributed by atoms with E-state index in [1.807, 2.05) is 0 Å². The van der Waals surface area contributed by atoms with E-state index in [9.17, 15) is 0 Å². The number of rotatable bonds is 4. The molecule has 0 bridgehead atoms.